The first-order chi connectivity index (χ1) is 10.3. The summed E-state index contributed by atoms with van der Waals surface area (Å²) in [5, 5.41) is 3.24. The van der Waals surface area contributed by atoms with Crippen molar-refractivity contribution >= 4 is 0 Å². The second kappa shape index (κ2) is 7.66. The zero-order chi connectivity index (χ0) is 15.1. The first-order valence-corrected chi connectivity index (χ1v) is 6.74. The van der Waals surface area contributed by atoms with E-state index in [0.717, 1.165) is 35.1 Å². The molecule has 0 spiro atoms. The zero-order valence-corrected chi connectivity index (χ0v) is 12.6. The molecule has 0 unspecified atom stereocenters. The van der Waals surface area contributed by atoms with E-state index in [2.05, 4.69) is 15.3 Å². The Morgan fingerprint density at radius 2 is 2.05 bits per heavy atom. The van der Waals surface area contributed by atoms with Gasteiger partial charge in [-0.25, -0.2) is 4.98 Å². The van der Waals surface area contributed by atoms with Gasteiger partial charge in [-0.15, -0.1) is 0 Å². The molecule has 114 valence electrons. The van der Waals surface area contributed by atoms with Gasteiger partial charge in [-0.05, 0) is 18.2 Å². The summed E-state index contributed by atoms with van der Waals surface area (Å²) >= 11 is 0. The Morgan fingerprint density at radius 3 is 2.76 bits per heavy atom. The molecule has 2 N–H and O–H groups in total. The number of benzene rings is 1. The molecule has 6 nitrogen and oxygen atoms in total. The molecule has 6 heteroatoms. The maximum Gasteiger partial charge on any atom is 0.128 e. The van der Waals surface area contributed by atoms with E-state index in [1.54, 1.807) is 27.5 Å². The van der Waals surface area contributed by atoms with Crippen LogP contribution in [0.3, 0.4) is 0 Å². The third kappa shape index (κ3) is 3.96. The number of rotatable bonds is 8. The van der Waals surface area contributed by atoms with Crippen LogP contribution in [0, 0.1) is 0 Å². The lowest BCUT2D eigenvalue weighted by Gasteiger charge is -2.08. The van der Waals surface area contributed by atoms with Gasteiger partial charge in [-0.2, -0.15) is 0 Å². The number of ether oxygens (including phenoxy) is 3. The van der Waals surface area contributed by atoms with E-state index in [9.17, 15) is 0 Å². The largest absolute Gasteiger partial charge is 0.497 e. The molecule has 0 aliphatic rings. The summed E-state index contributed by atoms with van der Waals surface area (Å²) < 4.78 is 15.6. The molecule has 0 bridgehead atoms. The molecule has 0 aliphatic carbocycles. The van der Waals surface area contributed by atoms with Gasteiger partial charge in [0, 0.05) is 19.2 Å². The van der Waals surface area contributed by atoms with E-state index < -0.39 is 0 Å². The molecule has 0 amide bonds. The van der Waals surface area contributed by atoms with Gasteiger partial charge in [0.1, 0.15) is 17.3 Å². The second-order valence-corrected chi connectivity index (χ2v) is 4.48. The monoisotopic (exact) mass is 291 g/mol. The van der Waals surface area contributed by atoms with Gasteiger partial charge in [-0.1, -0.05) is 0 Å². The summed E-state index contributed by atoms with van der Waals surface area (Å²) in [5.41, 5.74) is 1.82. The van der Waals surface area contributed by atoms with Gasteiger partial charge < -0.3 is 24.5 Å². The van der Waals surface area contributed by atoms with Crippen LogP contribution < -0.4 is 14.8 Å². The minimum Gasteiger partial charge on any atom is -0.497 e. The standard InChI is InChI=1S/C15H21N3O3/c1-19-7-6-16-10-15-17-9-13(18-15)12-8-11(20-2)4-5-14(12)21-3/h4-5,8-9,16H,6-7,10H2,1-3H3,(H,17,18). The molecule has 1 aromatic carbocycles. The van der Waals surface area contributed by atoms with Crippen LogP contribution in [0.5, 0.6) is 11.5 Å². The molecule has 0 radical (unpaired) electrons. The Bertz CT molecular complexity index is 569. The van der Waals surface area contributed by atoms with Gasteiger partial charge in [0.15, 0.2) is 0 Å². The van der Waals surface area contributed by atoms with Crippen LogP contribution in [0.25, 0.3) is 11.3 Å². The van der Waals surface area contributed by atoms with E-state index in [1.165, 1.54) is 0 Å². The van der Waals surface area contributed by atoms with Gasteiger partial charge in [0.25, 0.3) is 0 Å². The van der Waals surface area contributed by atoms with Crippen LogP contribution in [-0.2, 0) is 11.3 Å². The highest BCUT2D eigenvalue weighted by atomic mass is 16.5. The molecule has 2 aromatic rings. The van der Waals surface area contributed by atoms with Crippen molar-refractivity contribution in [3.05, 3.63) is 30.2 Å². The number of nitrogens with zero attached hydrogens (tertiary/aromatic N) is 1. The molecular formula is C15H21N3O3. The second-order valence-electron chi connectivity index (χ2n) is 4.48. The quantitative estimate of drug-likeness (QED) is 0.726. The number of hydrogen-bond acceptors (Lipinski definition) is 5. The molecule has 0 fully saturated rings. The summed E-state index contributed by atoms with van der Waals surface area (Å²) in [7, 11) is 4.97. The van der Waals surface area contributed by atoms with Crippen LogP contribution in [0.1, 0.15) is 5.82 Å². The predicted molar refractivity (Wildman–Crippen MR) is 80.7 cm³/mol. The molecule has 0 saturated heterocycles. The maximum atomic E-state index is 5.39. The van der Waals surface area contributed by atoms with Crippen molar-refractivity contribution in [1.29, 1.82) is 0 Å². The van der Waals surface area contributed by atoms with E-state index in [0.29, 0.717) is 13.2 Å². The highest BCUT2D eigenvalue weighted by Crippen LogP contribution is 2.32. The van der Waals surface area contributed by atoms with Crippen molar-refractivity contribution in [2.24, 2.45) is 0 Å². The summed E-state index contributed by atoms with van der Waals surface area (Å²) in [6.45, 7) is 2.13. The van der Waals surface area contributed by atoms with Crippen LogP contribution in [0.2, 0.25) is 0 Å². The predicted octanol–water partition coefficient (Wildman–Crippen LogP) is 1.83. The molecule has 2 rings (SSSR count). The minimum atomic E-state index is 0.662. The average molecular weight is 291 g/mol. The lowest BCUT2D eigenvalue weighted by atomic mass is 10.1. The Hall–Kier alpha value is -2.05. The van der Waals surface area contributed by atoms with Gasteiger partial charge in [-0.3, -0.25) is 0 Å². The summed E-state index contributed by atoms with van der Waals surface area (Å²) in [5.74, 6) is 2.42. The Kier molecular flexibility index (Phi) is 5.59. The molecular weight excluding hydrogens is 270 g/mol. The normalized spacial score (nSPS) is 10.6. The lowest BCUT2D eigenvalue weighted by Crippen LogP contribution is -2.19. The average Bonchev–Trinajstić information content (AvgIpc) is 2.99. The van der Waals surface area contributed by atoms with Crippen LogP contribution in [0.4, 0.5) is 0 Å². The number of methoxy groups -OCH3 is 3. The van der Waals surface area contributed by atoms with Gasteiger partial charge >= 0.3 is 0 Å². The fourth-order valence-corrected chi connectivity index (χ4v) is 1.99. The van der Waals surface area contributed by atoms with E-state index >= 15 is 0 Å². The fourth-order valence-electron chi connectivity index (χ4n) is 1.99. The Labute approximate surface area is 124 Å². The zero-order valence-electron chi connectivity index (χ0n) is 12.6. The van der Waals surface area contributed by atoms with Crippen LogP contribution in [-0.4, -0.2) is 44.4 Å². The van der Waals surface area contributed by atoms with Gasteiger partial charge in [0.05, 0.1) is 39.3 Å². The fraction of sp³-hybridized carbons (Fsp3) is 0.400. The number of aromatic amines is 1. The number of imidazole rings is 1. The topological polar surface area (TPSA) is 68.4 Å². The first-order valence-electron chi connectivity index (χ1n) is 6.74. The maximum absolute atomic E-state index is 5.39. The smallest absolute Gasteiger partial charge is 0.128 e. The molecule has 0 aliphatic heterocycles. The van der Waals surface area contributed by atoms with Crippen molar-refractivity contribution < 1.29 is 14.2 Å². The molecule has 1 heterocycles. The van der Waals surface area contributed by atoms with Crippen molar-refractivity contribution in [3.8, 4) is 22.8 Å². The van der Waals surface area contributed by atoms with E-state index in [1.807, 2.05) is 18.2 Å². The summed E-state index contributed by atoms with van der Waals surface area (Å²) in [6, 6.07) is 5.67. The van der Waals surface area contributed by atoms with E-state index in [4.69, 9.17) is 14.2 Å². The van der Waals surface area contributed by atoms with E-state index in [-0.39, 0.29) is 0 Å². The third-order valence-corrected chi connectivity index (χ3v) is 3.10. The SMILES string of the molecule is COCCNCc1ncc(-c2cc(OC)ccc2OC)[nH]1. The first kappa shape index (κ1) is 15.3. The number of aromatic nitrogens is 2. The van der Waals surface area contributed by atoms with Crippen molar-refractivity contribution in [2.45, 2.75) is 6.54 Å². The van der Waals surface area contributed by atoms with Crippen LogP contribution >= 0.6 is 0 Å². The van der Waals surface area contributed by atoms with Crippen LogP contribution in [0.15, 0.2) is 24.4 Å². The molecule has 21 heavy (non-hydrogen) atoms. The van der Waals surface area contributed by atoms with Crippen molar-refractivity contribution in [1.82, 2.24) is 15.3 Å². The number of H-pyrrole nitrogens is 1. The van der Waals surface area contributed by atoms with Gasteiger partial charge in [0.2, 0.25) is 0 Å². The number of nitrogens with one attached hydrogen (secondary N) is 2. The molecule has 0 atom stereocenters. The Balaban J connectivity index is 2.13. The minimum absolute atomic E-state index is 0.662. The third-order valence-electron chi connectivity index (χ3n) is 3.10. The Morgan fingerprint density at radius 1 is 1.19 bits per heavy atom. The lowest BCUT2D eigenvalue weighted by molar-refractivity contribution is 0.199. The summed E-state index contributed by atoms with van der Waals surface area (Å²) in [6.07, 6.45) is 1.80. The van der Waals surface area contributed by atoms with Crippen molar-refractivity contribution in [2.75, 3.05) is 34.5 Å². The molecule has 1 aromatic heterocycles. The highest BCUT2D eigenvalue weighted by Gasteiger charge is 2.10. The highest BCUT2D eigenvalue weighted by molar-refractivity contribution is 5.68. The van der Waals surface area contributed by atoms with Crippen molar-refractivity contribution in [3.63, 3.8) is 0 Å². The molecule has 0 saturated carbocycles. The number of hydrogen-bond donors (Lipinski definition) is 2. The summed E-state index contributed by atoms with van der Waals surface area (Å²) in [4.78, 5) is 7.65.